The van der Waals surface area contributed by atoms with Crippen LogP contribution in [0.15, 0.2) is 0 Å². The van der Waals surface area contributed by atoms with E-state index in [1.807, 2.05) is 32.4 Å². The van der Waals surface area contributed by atoms with E-state index in [0.29, 0.717) is 24.6 Å². The van der Waals surface area contributed by atoms with Gasteiger partial charge in [-0.1, -0.05) is 20.8 Å². The molecule has 150 valence electrons. The van der Waals surface area contributed by atoms with E-state index in [1.165, 1.54) is 0 Å². The van der Waals surface area contributed by atoms with E-state index in [2.05, 4.69) is 20.5 Å². The van der Waals surface area contributed by atoms with E-state index in [0.717, 1.165) is 25.1 Å². The molecule has 0 saturated heterocycles. The fourth-order valence-corrected chi connectivity index (χ4v) is 3.57. The Morgan fingerprint density at radius 3 is 2.48 bits per heavy atom. The summed E-state index contributed by atoms with van der Waals surface area (Å²) < 4.78 is 1.99. The molecule has 8 heteroatoms. The van der Waals surface area contributed by atoms with Crippen LogP contribution in [0.2, 0.25) is 0 Å². The summed E-state index contributed by atoms with van der Waals surface area (Å²) in [5, 5.41) is 16.1. The topological polar surface area (TPSA) is 99.5 Å². The molecule has 1 aromatic rings. The fourth-order valence-electron chi connectivity index (χ4n) is 3.57. The molecule has 3 N–H and O–H groups in total. The monoisotopic (exact) mass is 377 g/mol. The largest absolute Gasteiger partial charge is 0.385 e. The predicted molar refractivity (Wildman–Crippen MR) is 101 cm³/mol. The second kappa shape index (κ2) is 7.24. The Kier molecular flexibility index (Phi) is 5.31. The summed E-state index contributed by atoms with van der Waals surface area (Å²) in [7, 11) is 3.56. The number of fused-ring (bicyclic) bond motifs is 1. The molecule has 8 nitrogen and oxygen atoms in total. The standard InChI is InChI=1S/C19H31N5O3/c1-19(2,3)15(18(27)20-4)22-17(26)13-12-10-23(5)8-9-24(12)16(21-13)14(25)11-6-7-11/h11,14-15,25H,6-10H2,1-5H3,(H,20,27)(H,22,26)/t14?,15-/m1/s1. The molecule has 2 aliphatic rings. The number of carbonyl (C=O) groups excluding carboxylic acids is 2. The summed E-state index contributed by atoms with van der Waals surface area (Å²) in [4.78, 5) is 32.0. The van der Waals surface area contributed by atoms with Crippen LogP contribution < -0.4 is 10.6 Å². The van der Waals surface area contributed by atoms with Crippen molar-refractivity contribution < 1.29 is 14.7 Å². The molecule has 1 aromatic heterocycles. The zero-order chi connectivity index (χ0) is 19.9. The molecule has 1 aliphatic heterocycles. The number of aliphatic hydroxyl groups excluding tert-OH is 1. The van der Waals surface area contributed by atoms with Crippen LogP contribution in [0.1, 0.15) is 61.7 Å². The van der Waals surface area contributed by atoms with Gasteiger partial charge in [0.2, 0.25) is 5.91 Å². The van der Waals surface area contributed by atoms with Crippen LogP contribution in [0.5, 0.6) is 0 Å². The first-order chi connectivity index (χ1) is 12.6. The Morgan fingerprint density at radius 2 is 1.93 bits per heavy atom. The SMILES string of the molecule is CNC(=O)[C@@H](NC(=O)c1nc(C(O)C2CC2)n2c1CN(C)CC2)C(C)(C)C. The first-order valence-corrected chi connectivity index (χ1v) is 9.61. The van der Waals surface area contributed by atoms with Crippen LogP contribution in [0.3, 0.4) is 0 Å². The molecule has 1 aliphatic carbocycles. The van der Waals surface area contributed by atoms with Gasteiger partial charge >= 0.3 is 0 Å². The minimum Gasteiger partial charge on any atom is -0.385 e. The van der Waals surface area contributed by atoms with E-state index >= 15 is 0 Å². The highest BCUT2D eigenvalue weighted by molar-refractivity contribution is 5.97. The van der Waals surface area contributed by atoms with Gasteiger partial charge in [-0.15, -0.1) is 0 Å². The van der Waals surface area contributed by atoms with Crippen molar-refractivity contribution in [2.24, 2.45) is 11.3 Å². The second-order valence-electron chi connectivity index (χ2n) is 8.82. The van der Waals surface area contributed by atoms with E-state index < -0.39 is 17.6 Å². The van der Waals surface area contributed by atoms with Crippen molar-refractivity contribution >= 4 is 11.8 Å². The smallest absolute Gasteiger partial charge is 0.272 e. The van der Waals surface area contributed by atoms with Gasteiger partial charge in [0.05, 0.1) is 5.69 Å². The maximum atomic E-state index is 13.1. The van der Waals surface area contributed by atoms with Crippen LogP contribution in [-0.4, -0.2) is 58.1 Å². The van der Waals surface area contributed by atoms with Crippen molar-refractivity contribution in [2.75, 3.05) is 20.6 Å². The number of nitrogens with one attached hydrogen (secondary N) is 2. The molecular formula is C19H31N5O3. The number of nitrogens with zero attached hydrogens (tertiary/aromatic N) is 3. The maximum absolute atomic E-state index is 13.1. The van der Waals surface area contributed by atoms with E-state index in [-0.39, 0.29) is 17.7 Å². The van der Waals surface area contributed by atoms with Gasteiger partial charge in [-0.2, -0.15) is 0 Å². The second-order valence-corrected chi connectivity index (χ2v) is 8.82. The number of aliphatic hydroxyl groups is 1. The Hall–Kier alpha value is -1.93. The first-order valence-electron chi connectivity index (χ1n) is 9.61. The van der Waals surface area contributed by atoms with Gasteiger partial charge in [-0.3, -0.25) is 14.5 Å². The molecule has 0 radical (unpaired) electrons. The maximum Gasteiger partial charge on any atom is 0.272 e. The molecular weight excluding hydrogens is 346 g/mol. The summed E-state index contributed by atoms with van der Waals surface area (Å²) in [5.74, 6) is 0.212. The van der Waals surface area contributed by atoms with Gasteiger partial charge in [0.25, 0.3) is 5.91 Å². The van der Waals surface area contributed by atoms with Gasteiger partial charge in [-0.25, -0.2) is 4.98 Å². The van der Waals surface area contributed by atoms with Crippen molar-refractivity contribution in [3.63, 3.8) is 0 Å². The van der Waals surface area contributed by atoms with Crippen molar-refractivity contribution in [1.29, 1.82) is 0 Å². The highest BCUT2D eigenvalue weighted by Crippen LogP contribution is 2.41. The fraction of sp³-hybridized carbons (Fsp3) is 0.737. The number of carbonyl (C=O) groups is 2. The van der Waals surface area contributed by atoms with Crippen LogP contribution in [-0.2, 0) is 17.9 Å². The van der Waals surface area contributed by atoms with Crippen LogP contribution >= 0.6 is 0 Å². The van der Waals surface area contributed by atoms with Gasteiger partial charge in [-0.05, 0) is 31.2 Å². The van der Waals surface area contributed by atoms with Crippen molar-refractivity contribution in [1.82, 2.24) is 25.1 Å². The summed E-state index contributed by atoms with van der Waals surface area (Å²) in [5.41, 5.74) is 0.679. The molecule has 0 aromatic carbocycles. The van der Waals surface area contributed by atoms with Gasteiger partial charge < -0.3 is 20.3 Å². The number of likely N-dealkylation sites (N-methyl/N-ethyl adjacent to an activating group) is 2. The zero-order valence-electron chi connectivity index (χ0n) is 16.9. The average molecular weight is 377 g/mol. The Bertz CT molecular complexity index is 732. The summed E-state index contributed by atoms with van der Waals surface area (Å²) in [6.45, 7) is 7.86. The van der Waals surface area contributed by atoms with Crippen molar-refractivity contribution in [3.8, 4) is 0 Å². The van der Waals surface area contributed by atoms with Crippen LogP contribution in [0.25, 0.3) is 0 Å². The number of aromatic nitrogens is 2. The van der Waals surface area contributed by atoms with Crippen LogP contribution in [0, 0.1) is 11.3 Å². The quantitative estimate of drug-likeness (QED) is 0.700. The van der Waals surface area contributed by atoms with Gasteiger partial charge in [0, 0.05) is 26.7 Å². The number of hydrogen-bond donors (Lipinski definition) is 3. The summed E-state index contributed by atoms with van der Waals surface area (Å²) >= 11 is 0. The highest BCUT2D eigenvalue weighted by Gasteiger charge is 2.38. The molecule has 1 unspecified atom stereocenters. The number of rotatable bonds is 5. The number of amides is 2. The third-order valence-electron chi connectivity index (χ3n) is 5.43. The molecule has 0 spiro atoms. The molecule has 1 saturated carbocycles. The lowest BCUT2D eigenvalue weighted by Gasteiger charge is -2.30. The molecule has 0 bridgehead atoms. The van der Waals surface area contributed by atoms with E-state index in [4.69, 9.17) is 0 Å². The van der Waals surface area contributed by atoms with E-state index in [1.54, 1.807) is 7.05 Å². The van der Waals surface area contributed by atoms with Crippen LogP contribution in [0.4, 0.5) is 0 Å². The van der Waals surface area contributed by atoms with Gasteiger partial charge in [0.1, 0.15) is 18.0 Å². The predicted octanol–water partition coefficient (Wildman–Crippen LogP) is 0.662. The molecule has 3 rings (SSSR count). The first kappa shape index (κ1) is 19.8. The average Bonchev–Trinajstić information content (AvgIpc) is 3.38. The Morgan fingerprint density at radius 1 is 1.26 bits per heavy atom. The molecule has 27 heavy (non-hydrogen) atoms. The minimum atomic E-state index is -0.675. The zero-order valence-corrected chi connectivity index (χ0v) is 16.9. The lowest BCUT2D eigenvalue weighted by atomic mass is 9.86. The Balaban J connectivity index is 1.93. The Labute approximate surface area is 160 Å². The minimum absolute atomic E-state index is 0.236. The van der Waals surface area contributed by atoms with Crippen molar-refractivity contribution in [3.05, 3.63) is 17.2 Å². The lowest BCUT2D eigenvalue weighted by molar-refractivity contribution is -0.124. The third kappa shape index (κ3) is 4.01. The summed E-state index contributed by atoms with van der Waals surface area (Å²) in [6, 6.07) is -0.675. The van der Waals surface area contributed by atoms with Crippen molar-refractivity contribution in [2.45, 2.75) is 58.8 Å². The number of imidazole rings is 1. The normalized spacial score (nSPS) is 19.9. The molecule has 1 fully saturated rings. The summed E-state index contributed by atoms with van der Waals surface area (Å²) in [6.07, 6.45) is 1.35. The molecule has 2 heterocycles. The highest BCUT2D eigenvalue weighted by atomic mass is 16.3. The molecule has 2 amide bonds. The third-order valence-corrected chi connectivity index (χ3v) is 5.43. The van der Waals surface area contributed by atoms with E-state index in [9.17, 15) is 14.7 Å². The van der Waals surface area contributed by atoms with Gasteiger partial charge in [0.15, 0.2) is 5.69 Å². The number of hydrogen-bond acceptors (Lipinski definition) is 5. The lowest BCUT2D eigenvalue weighted by Crippen LogP contribution is -2.53. The molecule has 2 atom stereocenters.